The lowest BCUT2D eigenvalue weighted by atomic mass is 9.97. The topological polar surface area (TPSA) is 85.1 Å². The van der Waals surface area contributed by atoms with Gasteiger partial charge in [-0.25, -0.2) is 0 Å². The Balaban J connectivity index is 1.65. The molecule has 3 N–H and O–H groups in total. The van der Waals surface area contributed by atoms with Crippen LogP contribution in [0.3, 0.4) is 0 Å². The second kappa shape index (κ2) is 8.47. The van der Waals surface area contributed by atoms with Crippen LogP contribution in [0, 0.1) is 0 Å². The molecule has 4 rings (SSSR count). The molecule has 2 aromatic carbocycles. The SMILES string of the molecule is CCC(C(=O)Nc1ccc(-c2cc3ccccc3s2)c(C(N)=O)c1)c1cccnc1. The van der Waals surface area contributed by atoms with E-state index in [1.165, 1.54) is 0 Å². The second-order valence-electron chi connectivity index (χ2n) is 7.01. The molecule has 0 bridgehead atoms. The average molecular weight is 416 g/mol. The third-order valence-corrected chi connectivity index (χ3v) is 6.20. The summed E-state index contributed by atoms with van der Waals surface area (Å²) in [6.45, 7) is 1.96. The fourth-order valence-electron chi connectivity index (χ4n) is 3.54. The highest BCUT2D eigenvalue weighted by Crippen LogP contribution is 2.36. The van der Waals surface area contributed by atoms with Crippen molar-refractivity contribution >= 4 is 38.9 Å². The highest BCUT2D eigenvalue weighted by atomic mass is 32.1. The number of thiophene rings is 1. The van der Waals surface area contributed by atoms with Crippen molar-refractivity contribution in [3.05, 3.63) is 84.2 Å². The van der Waals surface area contributed by atoms with Gasteiger partial charge in [0.05, 0.1) is 5.92 Å². The number of nitrogens with zero attached hydrogens (tertiary/aromatic N) is 1. The summed E-state index contributed by atoms with van der Waals surface area (Å²) in [4.78, 5) is 30.1. The summed E-state index contributed by atoms with van der Waals surface area (Å²) in [5.41, 5.74) is 8.21. The lowest BCUT2D eigenvalue weighted by Gasteiger charge is -2.16. The Bertz CT molecular complexity index is 1180. The summed E-state index contributed by atoms with van der Waals surface area (Å²) in [5.74, 6) is -0.994. The summed E-state index contributed by atoms with van der Waals surface area (Å²) < 4.78 is 1.14. The third-order valence-electron chi connectivity index (χ3n) is 5.06. The van der Waals surface area contributed by atoms with Gasteiger partial charge in [-0.2, -0.15) is 0 Å². The van der Waals surface area contributed by atoms with E-state index >= 15 is 0 Å². The number of pyridine rings is 1. The first-order valence-electron chi connectivity index (χ1n) is 9.70. The van der Waals surface area contributed by atoms with Crippen molar-refractivity contribution in [1.82, 2.24) is 4.98 Å². The van der Waals surface area contributed by atoms with E-state index in [0.717, 1.165) is 26.1 Å². The Kier molecular flexibility index (Phi) is 5.59. The zero-order valence-electron chi connectivity index (χ0n) is 16.5. The molecule has 0 aliphatic carbocycles. The second-order valence-corrected chi connectivity index (χ2v) is 8.09. The number of anilines is 1. The molecular weight excluding hydrogens is 394 g/mol. The molecule has 0 spiro atoms. The molecule has 2 amide bonds. The van der Waals surface area contributed by atoms with E-state index in [0.29, 0.717) is 17.7 Å². The number of hydrogen-bond donors (Lipinski definition) is 2. The highest BCUT2D eigenvalue weighted by molar-refractivity contribution is 7.22. The lowest BCUT2D eigenvalue weighted by molar-refractivity contribution is -0.117. The first-order chi connectivity index (χ1) is 14.6. The van der Waals surface area contributed by atoms with Crippen LogP contribution in [0.2, 0.25) is 0 Å². The number of nitrogens with one attached hydrogen (secondary N) is 1. The Hall–Kier alpha value is -3.51. The van der Waals surface area contributed by atoms with E-state index in [4.69, 9.17) is 5.73 Å². The zero-order valence-corrected chi connectivity index (χ0v) is 17.3. The van der Waals surface area contributed by atoms with Crippen LogP contribution in [0.5, 0.6) is 0 Å². The quantitative estimate of drug-likeness (QED) is 0.454. The van der Waals surface area contributed by atoms with Gasteiger partial charge in [0.2, 0.25) is 11.8 Å². The Morgan fingerprint density at radius 2 is 1.93 bits per heavy atom. The van der Waals surface area contributed by atoms with Crippen LogP contribution in [0.25, 0.3) is 20.5 Å². The van der Waals surface area contributed by atoms with Crippen molar-refractivity contribution in [2.45, 2.75) is 19.3 Å². The van der Waals surface area contributed by atoms with Crippen molar-refractivity contribution in [3.63, 3.8) is 0 Å². The first-order valence-corrected chi connectivity index (χ1v) is 10.5. The van der Waals surface area contributed by atoms with Crippen molar-refractivity contribution in [2.75, 3.05) is 5.32 Å². The Morgan fingerprint density at radius 3 is 2.63 bits per heavy atom. The third kappa shape index (κ3) is 3.95. The summed E-state index contributed by atoms with van der Waals surface area (Å²) in [5, 5.41) is 4.04. The maximum absolute atomic E-state index is 12.8. The summed E-state index contributed by atoms with van der Waals surface area (Å²) in [7, 11) is 0. The monoisotopic (exact) mass is 415 g/mol. The number of hydrogen-bond acceptors (Lipinski definition) is 4. The highest BCUT2D eigenvalue weighted by Gasteiger charge is 2.20. The number of rotatable bonds is 6. The van der Waals surface area contributed by atoms with Gasteiger partial charge in [0.25, 0.3) is 0 Å². The number of fused-ring (bicyclic) bond motifs is 1. The minimum Gasteiger partial charge on any atom is -0.366 e. The standard InChI is InChI=1S/C24H21N3O2S/c1-2-18(16-7-5-11-26-14-16)24(29)27-17-9-10-19(20(13-17)23(25)28)22-12-15-6-3-4-8-21(15)30-22/h3-14,18H,2H2,1H3,(H2,25,28)(H,27,29). The Labute approximate surface area is 178 Å². The predicted octanol–water partition coefficient (Wildman–Crippen LogP) is 5.19. The molecule has 2 heterocycles. The van der Waals surface area contributed by atoms with Crippen LogP contribution in [-0.4, -0.2) is 16.8 Å². The molecule has 0 aliphatic rings. The molecule has 4 aromatic rings. The van der Waals surface area contributed by atoms with E-state index in [2.05, 4.69) is 16.4 Å². The van der Waals surface area contributed by atoms with Crippen LogP contribution in [0.15, 0.2) is 73.1 Å². The average Bonchev–Trinajstić information content (AvgIpc) is 3.19. The molecule has 6 heteroatoms. The van der Waals surface area contributed by atoms with Crippen LogP contribution >= 0.6 is 11.3 Å². The fourth-order valence-corrected chi connectivity index (χ4v) is 4.64. The van der Waals surface area contributed by atoms with Gasteiger partial charge in [0.15, 0.2) is 0 Å². The zero-order chi connectivity index (χ0) is 21.1. The number of benzene rings is 2. The van der Waals surface area contributed by atoms with Gasteiger partial charge in [0, 0.05) is 38.8 Å². The number of carbonyl (C=O) groups excluding carboxylic acids is 2. The Morgan fingerprint density at radius 1 is 1.10 bits per heavy atom. The van der Waals surface area contributed by atoms with E-state index < -0.39 is 5.91 Å². The van der Waals surface area contributed by atoms with Crippen molar-refractivity contribution in [3.8, 4) is 10.4 Å². The van der Waals surface area contributed by atoms with Crippen molar-refractivity contribution in [1.29, 1.82) is 0 Å². The van der Waals surface area contributed by atoms with Gasteiger partial charge in [-0.15, -0.1) is 11.3 Å². The van der Waals surface area contributed by atoms with Gasteiger partial charge < -0.3 is 11.1 Å². The van der Waals surface area contributed by atoms with Crippen LogP contribution < -0.4 is 11.1 Å². The van der Waals surface area contributed by atoms with Crippen LogP contribution in [-0.2, 0) is 4.79 Å². The molecule has 1 atom stereocenters. The van der Waals surface area contributed by atoms with Crippen LogP contribution in [0.1, 0.15) is 35.2 Å². The smallest absolute Gasteiger partial charge is 0.249 e. The largest absolute Gasteiger partial charge is 0.366 e. The van der Waals surface area contributed by atoms with E-state index in [1.54, 1.807) is 35.9 Å². The van der Waals surface area contributed by atoms with E-state index in [-0.39, 0.29) is 11.8 Å². The summed E-state index contributed by atoms with van der Waals surface area (Å²) in [6.07, 6.45) is 4.02. The lowest BCUT2D eigenvalue weighted by Crippen LogP contribution is -2.21. The number of primary amides is 1. The predicted molar refractivity (Wildman–Crippen MR) is 122 cm³/mol. The first kappa shape index (κ1) is 19.8. The summed E-state index contributed by atoms with van der Waals surface area (Å²) in [6, 6.07) is 19.1. The summed E-state index contributed by atoms with van der Waals surface area (Å²) >= 11 is 1.61. The van der Waals surface area contributed by atoms with Gasteiger partial charge in [-0.05, 0) is 47.7 Å². The minimum atomic E-state index is -0.530. The van der Waals surface area contributed by atoms with E-state index in [1.807, 2.05) is 49.4 Å². The molecule has 2 aromatic heterocycles. The molecule has 150 valence electrons. The number of amides is 2. The fraction of sp³-hybridized carbons (Fsp3) is 0.125. The van der Waals surface area contributed by atoms with Crippen LogP contribution in [0.4, 0.5) is 5.69 Å². The molecule has 0 saturated carbocycles. The molecule has 0 aliphatic heterocycles. The molecule has 5 nitrogen and oxygen atoms in total. The maximum atomic E-state index is 12.8. The molecule has 0 saturated heterocycles. The van der Waals surface area contributed by atoms with Gasteiger partial charge in [-0.1, -0.05) is 37.3 Å². The van der Waals surface area contributed by atoms with Gasteiger partial charge in [-0.3, -0.25) is 14.6 Å². The maximum Gasteiger partial charge on any atom is 0.249 e. The molecule has 0 fully saturated rings. The van der Waals surface area contributed by atoms with Gasteiger partial charge >= 0.3 is 0 Å². The molecule has 1 unspecified atom stereocenters. The van der Waals surface area contributed by atoms with Gasteiger partial charge in [0.1, 0.15) is 0 Å². The normalized spacial score (nSPS) is 11.9. The molecular formula is C24H21N3O2S. The molecule has 0 radical (unpaired) electrons. The number of carbonyl (C=O) groups is 2. The number of nitrogens with two attached hydrogens (primary N) is 1. The molecule has 30 heavy (non-hydrogen) atoms. The van der Waals surface area contributed by atoms with E-state index in [9.17, 15) is 9.59 Å². The number of aromatic nitrogens is 1. The minimum absolute atomic E-state index is 0.143. The van der Waals surface area contributed by atoms with Crippen molar-refractivity contribution in [2.24, 2.45) is 5.73 Å². The van der Waals surface area contributed by atoms with Crippen molar-refractivity contribution < 1.29 is 9.59 Å².